The van der Waals surface area contributed by atoms with Gasteiger partial charge >= 0.3 is 0 Å². The maximum absolute atomic E-state index is 13.1. The predicted octanol–water partition coefficient (Wildman–Crippen LogP) is 3.14. The highest BCUT2D eigenvalue weighted by molar-refractivity contribution is 6.09. The number of para-hydroxylation sites is 1. The van der Waals surface area contributed by atoms with Gasteiger partial charge in [-0.15, -0.1) is 10.2 Å². The fourth-order valence-corrected chi connectivity index (χ4v) is 3.29. The van der Waals surface area contributed by atoms with Crippen molar-refractivity contribution in [3.05, 3.63) is 53.9 Å². The molecular weight excluding hydrogens is 372 g/mol. The Morgan fingerprint density at radius 2 is 1.93 bits per heavy atom. The number of hydrogen-bond donors (Lipinski definition) is 1. The summed E-state index contributed by atoms with van der Waals surface area (Å²) in [5.74, 6) is 1.18. The lowest BCUT2D eigenvalue weighted by Gasteiger charge is -2.30. The standard InChI is InChI=1S/C21H22N4O4/c1-14-23-24-21(29-14)15-7-8-19(27-2)17(13-15)22-20(26)16-5-3-4-6-18(16)25-9-11-28-12-10-25/h3-8,13H,9-12H2,1-2H3,(H,22,26). The van der Waals surface area contributed by atoms with E-state index in [1.165, 1.54) is 0 Å². The van der Waals surface area contributed by atoms with Crippen molar-refractivity contribution < 1.29 is 18.7 Å². The molecule has 1 amide bonds. The van der Waals surface area contributed by atoms with E-state index >= 15 is 0 Å². The Labute approximate surface area is 168 Å². The van der Waals surface area contributed by atoms with Crippen LogP contribution in [-0.2, 0) is 4.74 Å². The Hall–Kier alpha value is -3.39. The maximum atomic E-state index is 13.1. The molecule has 150 valence electrons. The number of morpholine rings is 1. The third-order valence-electron chi connectivity index (χ3n) is 4.72. The summed E-state index contributed by atoms with van der Waals surface area (Å²) in [4.78, 5) is 15.3. The van der Waals surface area contributed by atoms with Crippen LogP contribution < -0.4 is 15.0 Å². The molecule has 1 N–H and O–H groups in total. The number of rotatable bonds is 5. The van der Waals surface area contributed by atoms with E-state index in [0.717, 1.165) is 18.8 Å². The molecular formula is C21H22N4O4. The molecule has 0 unspecified atom stereocenters. The number of carbonyl (C=O) groups excluding carboxylic acids is 1. The number of amides is 1. The highest BCUT2D eigenvalue weighted by Gasteiger charge is 2.20. The number of aromatic nitrogens is 2. The van der Waals surface area contributed by atoms with Crippen molar-refractivity contribution in [3.63, 3.8) is 0 Å². The van der Waals surface area contributed by atoms with E-state index in [1.54, 1.807) is 26.2 Å². The molecule has 0 atom stereocenters. The molecule has 0 aliphatic carbocycles. The molecule has 1 fully saturated rings. The topological polar surface area (TPSA) is 89.7 Å². The average molecular weight is 394 g/mol. The third kappa shape index (κ3) is 4.07. The van der Waals surface area contributed by atoms with Gasteiger partial charge in [-0.05, 0) is 30.3 Å². The Morgan fingerprint density at radius 3 is 2.66 bits per heavy atom. The van der Waals surface area contributed by atoms with Crippen LogP contribution in [-0.4, -0.2) is 49.5 Å². The maximum Gasteiger partial charge on any atom is 0.257 e. The van der Waals surface area contributed by atoms with Crippen molar-refractivity contribution >= 4 is 17.3 Å². The zero-order chi connectivity index (χ0) is 20.2. The van der Waals surface area contributed by atoms with Gasteiger partial charge in [-0.3, -0.25) is 4.79 Å². The summed E-state index contributed by atoms with van der Waals surface area (Å²) < 4.78 is 16.3. The number of methoxy groups -OCH3 is 1. The van der Waals surface area contributed by atoms with Crippen molar-refractivity contribution in [1.29, 1.82) is 0 Å². The van der Waals surface area contributed by atoms with Crippen LogP contribution in [0.15, 0.2) is 46.9 Å². The molecule has 1 saturated heterocycles. The number of benzene rings is 2. The molecule has 8 heteroatoms. The number of hydrogen-bond acceptors (Lipinski definition) is 7. The van der Waals surface area contributed by atoms with Crippen LogP contribution in [0.3, 0.4) is 0 Å². The number of carbonyl (C=O) groups is 1. The third-order valence-corrected chi connectivity index (χ3v) is 4.72. The molecule has 1 aliphatic rings. The van der Waals surface area contributed by atoms with E-state index in [9.17, 15) is 4.79 Å². The van der Waals surface area contributed by atoms with Gasteiger partial charge < -0.3 is 24.1 Å². The van der Waals surface area contributed by atoms with Gasteiger partial charge in [0.1, 0.15) is 5.75 Å². The largest absolute Gasteiger partial charge is 0.495 e. The molecule has 29 heavy (non-hydrogen) atoms. The minimum atomic E-state index is -0.218. The Bertz CT molecular complexity index is 1010. The zero-order valence-corrected chi connectivity index (χ0v) is 16.3. The van der Waals surface area contributed by atoms with Crippen LogP contribution in [0.4, 0.5) is 11.4 Å². The van der Waals surface area contributed by atoms with Gasteiger partial charge in [-0.25, -0.2) is 0 Å². The van der Waals surface area contributed by atoms with Crippen molar-refractivity contribution in [2.75, 3.05) is 43.6 Å². The molecule has 0 bridgehead atoms. The number of nitrogens with zero attached hydrogens (tertiary/aromatic N) is 3. The Morgan fingerprint density at radius 1 is 1.14 bits per heavy atom. The summed E-state index contributed by atoms with van der Waals surface area (Å²) in [5.41, 5.74) is 2.71. The van der Waals surface area contributed by atoms with Crippen LogP contribution in [0.2, 0.25) is 0 Å². The van der Waals surface area contributed by atoms with Gasteiger partial charge in [0, 0.05) is 31.3 Å². The number of anilines is 2. The minimum absolute atomic E-state index is 0.218. The minimum Gasteiger partial charge on any atom is -0.495 e. The van der Waals surface area contributed by atoms with E-state index in [1.807, 2.05) is 30.3 Å². The van der Waals surface area contributed by atoms with Gasteiger partial charge in [0.25, 0.3) is 5.91 Å². The quantitative estimate of drug-likeness (QED) is 0.711. The summed E-state index contributed by atoms with van der Waals surface area (Å²) in [5, 5.41) is 10.9. The lowest BCUT2D eigenvalue weighted by Crippen LogP contribution is -2.37. The molecule has 1 aromatic heterocycles. The molecule has 0 spiro atoms. The average Bonchev–Trinajstić information content (AvgIpc) is 3.20. The highest BCUT2D eigenvalue weighted by atomic mass is 16.5. The van der Waals surface area contributed by atoms with Gasteiger partial charge in [-0.2, -0.15) is 0 Å². The monoisotopic (exact) mass is 394 g/mol. The Kier molecular flexibility index (Phi) is 5.44. The molecule has 1 aliphatic heterocycles. The fourth-order valence-electron chi connectivity index (χ4n) is 3.29. The SMILES string of the molecule is COc1ccc(-c2nnc(C)o2)cc1NC(=O)c1ccccc1N1CCOCC1. The number of ether oxygens (including phenoxy) is 2. The van der Waals surface area contributed by atoms with Crippen LogP contribution in [0, 0.1) is 6.92 Å². The second-order valence-electron chi connectivity index (χ2n) is 6.61. The second-order valence-corrected chi connectivity index (χ2v) is 6.61. The highest BCUT2D eigenvalue weighted by Crippen LogP contribution is 2.31. The van der Waals surface area contributed by atoms with Crippen molar-refractivity contribution in [1.82, 2.24) is 10.2 Å². The van der Waals surface area contributed by atoms with E-state index < -0.39 is 0 Å². The van der Waals surface area contributed by atoms with Crippen LogP contribution in [0.5, 0.6) is 5.75 Å². The van der Waals surface area contributed by atoms with Gasteiger partial charge in [-0.1, -0.05) is 12.1 Å². The molecule has 0 saturated carbocycles. The normalized spacial score (nSPS) is 13.9. The second kappa shape index (κ2) is 8.32. The van der Waals surface area contributed by atoms with Gasteiger partial charge in [0.05, 0.1) is 31.6 Å². The Balaban J connectivity index is 1.63. The summed E-state index contributed by atoms with van der Waals surface area (Å²) in [6, 6.07) is 12.9. The number of nitrogens with one attached hydrogen (secondary N) is 1. The smallest absolute Gasteiger partial charge is 0.257 e. The van der Waals surface area contributed by atoms with E-state index in [4.69, 9.17) is 13.9 Å². The van der Waals surface area contributed by atoms with E-state index in [-0.39, 0.29) is 5.91 Å². The summed E-state index contributed by atoms with van der Waals surface area (Å²) in [6.45, 7) is 4.52. The molecule has 4 rings (SSSR count). The van der Waals surface area contributed by atoms with Crippen molar-refractivity contribution in [2.45, 2.75) is 6.92 Å². The molecule has 2 aromatic carbocycles. The lowest BCUT2D eigenvalue weighted by atomic mass is 10.1. The summed E-state index contributed by atoms with van der Waals surface area (Å²) in [7, 11) is 1.56. The van der Waals surface area contributed by atoms with E-state index in [2.05, 4.69) is 20.4 Å². The number of aryl methyl sites for hydroxylation is 1. The fraction of sp³-hybridized carbons (Fsp3) is 0.286. The van der Waals surface area contributed by atoms with Crippen LogP contribution in [0.1, 0.15) is 16.2 Å². The van der Waals surface area contributed by atoms with Crippen LogP contribution in [0.25, 0.3) is 11.5 Å². The summed E-state index contributed by atoms with van der Waals surface area (Å²) in [6.07, 6.45) is 0. The molecule has 8 nitrogen and oxygen atoms in total. The first-order valence-corrected chi connectivity index (χ1v) is 9.37. The van der Waals surface area contributed by atoms with Crippen LogP contribution >= 0.6 is 0 Å². The predicted molar refractivity (Wildman–Crippen MR) is 108 cm³/mol. The summed E-state index contributed by atoms with van der Waals surface area (Å²) >= 11 is 0. The van der Waals surface area contributed by atoms with Crippen molar-refractivity contribution in [3.8, 4) is 17.2 Å². The molecule has 0 radical (unpaired) electrons. The van der Waals surface area contributed by atoms with Crippen molar-refractivity contribution in [2.24, 2.45) is 0 Å². The first kappa shape index (κ1) is 18.9. The zero-order valence-electron chi connectivity index (χ0n) is 16.3. The van der Waals surface area contributed by atoms with Gasteiger partial charge in [0.2, 0.25) is 11.8 Å². The molecule has 3 aromatic rings. The van der Waals surface area contributed by atoms with Gasteiger partial charge in [0.15, 0.2) is 0 Å². The first-order chi connectivity index (χ1) is 14.2. The first-order valence-electron chi connectivity index (χ1n) is 9.37. The van der Waals surface area contributed by atoms with E-state index in [0.29, 0.717) is 47.6 Å². The lowest BCUT2D eigenvalue weighted by molar-refractivity contribution is 0.102. The molecule has 2 heterocycles.